The molecule has 0 radical (unpaired) electrons. The molecule has 0 aliphatic carbocycles. The van der Waals surface area contributed by atoms with Gasteiger partial charge in [-0.2, -0.15) is 0 Å². The molecule has 0 rings (SSSR count). The van der Waals surface area contributed by atoms with Gasteiger partial charge in [0.2, 0.25) is 0 Å². The average Bonchev–Trinajstić information content (AvgIpc) is 2.10. The van der Waals surface area contributed by atoms with Crippen LogP contribution in [0.2, 0.25) is 0 Å². The van der Waals surface area contributed by atoms with Crippen LogP contribution in [-0.2, 0) is 10.8 Å². The maximum atomic E-state index is 11.7. The first-order chi connectivity index (χ1) is 6.91. The molecule has 2 atom stereocenters. The summed E-state index contributed by atoms with van der Waals surface area (Å²) >= 11 is 0. The molecule has 3 heteroatoms. The zero-order chi connectivity index (χ0) is 11.9. The van der Waals surface area contributed by atoms with Crippen LogP contribution < -0.4 is 5.32 Å². The summed E-state index contributed by atoms with van der Waals surface area (Å²) in [6, 6.07) is 0.366. The van der Waals surface area contributed by atoms with Gasteiger partial charge in [-0.3, -0.25) is 4.21 Å². The van der Waals surface area contributed by atoms with Crippen molar-refractivity contribution in [3.8, 4) is 0 Å². The van der Waals surface area contributed by atoms with Gasteiger partial charge in [-0.05, 0) is 24.8 Å². The zero-order valence-corrected chi connectivity index (χ0v) is 11.7. The lowest BCUT2D eigenvalue weighted by Gasteiger charge is -2.31. The van der Waals surface area contributed by atoms with Gasteiger partial charge in [0.05, 0.1) is 0 Å². The summed E-state index contributed by atoms with van der Waals surface area (Å²) in [4.78, 5) is 0. The van der Waals surface area contributed by atoms with Crippen LogP contribution in [0.5, 0.6) is 0 Å². The van der Waals surface area contributed by atoms with Gasteiger partial charge in [0.1, 0.15) is 0 Å². The summed E-state index contributed by atoms with van der Waals surface area (Å²) in [7, 11) is -0.663. The van der Waals surface area contributed by atoms with Crippen molar-refractivity contribution in [2.24, 2.45) is 5.41 Å². The molecule has 2 nitrogen and oxygen atoms in total. The third kappa shape index (κ3) is 7.07. The number of rotatable bonds is 7. The summed E-state index contributed by atoms with van der Waals surface area (Å²) in [5, 5.41) is 3.51. The van der Waals surface area contributed by atoms with Crippen molar-refractivity contribution in [3.05, 3.63) is 0 Å². The Morgan fingerprint density at radius 1 is 1.20 bits per heavy atom. The summed E-state index contributed by atoms with van der Waals surface area (Å²) < 4.78 is 11.7. The Hall–Kier alpha value is 0.110. The first-order valence-electron chi connectivity index (χ1n) is 6.00. The maximum absolute atomic E-state index is 11.7. The molecule has 0 saturated carbocycles. The van der Waals surface area contributed by atoms with Crippen LogP contribution in [-0.4, -0.2) is 28.3 Å². The van der Waals surface area contributed by atoms with E-state index >= 15 is 0 Å². The van der Waals surface area contributed by atoms with E-state index in [-0.39, 0.29) is 5.41 Å². The molecule has 0 bridgehead atoms. The molecule has 0 fully saturated rings. The first kappa shape index (κ1) is 15.1. The largest absolute Gasteiger partial charge is 0.313 e. The molecule has 2 unspecified atom stereocenters. The fourth-order valence-corrected chi connectivity index (χ4v) is 3.04. The Morgan fingerprint density at radius 2 is 1.80 bits per heavy atom. The Balaban J connectivity index is 4.18. The highest BCUT2D eigenvalue weighted by molar-refractivity contribution is 7.85. The molecular formula is C12H27NOS. The van der Waals surface area contributed by atoms with Crippen molar-refractivity contribution in [1.29, 1.82) is 0 Å². The van der Waals surface area contributed by atoms with E-state index in [1.807, 2.05) is 0 Å². The summed E-state index contributed by atoms with van der Waals surface area (Å²) in [5.41, 5.74) is 0.193. The Labute approximate surface area is 97.7 Å². The van der Waals surface area contributed by atoms with Crippen molar-refractivity contribution in [2.45, 2.75) is 53.5 Å². The SMILES string of the molecule is CCCNC(CS(=O)CCC)C(C)(C)C. The zero-order valence-electron chi connectivity index (χ0n) is 10.9. The molecule has 15 heavy (non-hydrogen) atoms. The van der Waals surface area contributed by atoms with Crippen LogP contribution in [0.15, 0.2) is 0 Å². The number of hydrogen-bond acceptors (Lipinski definition) is 2. The van der Waals surface area contributed by atoms with Gasteiger partial charge < -0.3 is 5.32 Å². The van der Waals surface area contributed by atoms with E-state index in [1.54, 1.807) is 0 Å². The minimum Gasteiger partial charge on any atom is -0.313 e. The minimum absolute atomic E-state index is 0.193. The quantitative estimate of drug-likeness (QED) is 0.732. The third-order valence-electron chi connectivity index (χ3n) is 2.47. The van der Waals surface area contributed by atoms with Gasteiger partial charge in [0.25, 0.3) is 0 Å². The molecule has 0 aromatic rings. The summed E-state index contributed by atoms with van der Waals surface area (Å²) in [6.07, 6.45) is 2.14. The second-order valence-corrected chi connectivity index (χ2v) is 6.80. The Kier molecular flexibility index (Phi) is 7.45. The maximum Gasteiger partial charge on any atom is 0.0393 e. The fraction of sp³-hybridized carbons (Fsp3) is 1.00. The van der Waals surface area contributed by atoms with E-state index in [9.17, 15) is 4.21 Å². The molecule has 0 aliphatic rings. The second kappa shape index (κ2) is 7.39. The van der Waals surface area contributed by atoms with E-state index in [0.29, 0.717) is 6.04 Å². The molecule has 1 N–H and O–H groups in total. The van der Waals surface area contributed by atoms with Crippen molar-refractivity contribution in [1.82, 2.24) is 5.32 Å². The molecule has 0 saturated heterocycles. The lowest BCUT2D eigenvalue weighted by molar-refractivity contribution is 0.290. The molecule has 0 aromatic heterocycles. The molecule has 0 aromatic carbocycles. The summed E-state index contributed by atoms with van der Waals surface area (Å²) in [5.74, 6) is 1.62. The van der Waals surface area contributed by atoms with Crippen LogP contribution in [0.4, 0.5) is 0 Å². The van der Waals surface area contributed by atoms with Crippen LogP contribution >= 0.6 is 0 Å². The van der Waals surface area contributed by atoms with Crippen LogP contribution in [0.3, 0.4) is 0 Å². The molecule has 0 spiro atoms. The lowest BCUT2D eigenvalue weighted by atomic mass is 9.88. The van der Waals surface area contributed by atoms with Crippen molar-refractivity contribution >= 4 is 10.8 Å². The molecule has 0 amide bonds. The van der Waals surface area contributed by atoms with Gasteiger partial charge in [0.15, 0.2) is 0 Å². The van der Waals surface area contributed by atoms with Gasteiger partial charge >= 0.3 is 0 Å². The van der Waals surface area contributed by atoms with E-state index in [0.717, 1.165) is 30.9 Å². The molecule has 92 valence electrons. The van der Waals surface area contributed by atoms with Gasteiger partial charge in [-0.15, -0.1) is 0 Å². The first-order valence-corrected chi connectivity index (χ1v) is 7.49. The second-order valence-electron chi connectivity index (χ2n) is 5.18. The smallest absolute Gasteiger partial charge is 0.0393 e. The van der Waals surface area contributed by atoms with E-state index in [2.05, 4.69) is 39.9 Å². The van der Waals surface area contributed by atoms with Gasteiger partial charge in [-0.25, -0.2) is 0 Å². The Morgan fingerprint density at radius 3 is 2.20 bits per heavy atom. The third-order valence-corrected chi connectivity index (χ3v) is 4.04. The van der Waals surface area contributed by atoms with E-state index in [1.165, 1.54) is 0 Å². The van der Waals surface area contributed by atoms with Crippen LogP contribution in [0.1, 0.15) is 47.5 Å². The predicted octanol–water partition coefficient (Wildman–Crippen LogP) is 2.56. The highest BCUT2D eigenvalue weighted by Gasteiger charge is 2.25. The van der Waals surface area contributed by atoms with E-state index < -0.39 is 10.8 Å². The molecule has 0 heterocycles. The summed E-state index contributed by atoms with van der Waals surface area (Å²) in [6.45, 7) is 11.9. The van der Waals surface area contributed by atoms with Crippen molar-refractivity contribution in [3.63, 3.8) is 0 Å². The van der Waals surface area contributed by atoms with Crippen LogP contribution in [0.25, 0.3) is 0 Å². The van der Waals surface area contributed by atoms with Crippen molar-refractivity contribution < 1.29 is 4.21 Å². The fourth-order valence-electron chi connectivity index (χ4n) is 1.43. The van der Waals surface area contributed by atoms with Crippen LogP contribution in [0, 0.1) is 5.41 Å². The normalized spacial score (nSPS) is 16.3. The topological polar surface area (TPSA) is 29.1 Å². The lowest BCUT2D eigenvalue weighted by Crippen LogP contribution is -2.44. The molecule has 0 aliphatic heterocycles. The van der Waals surface area contributed by atoms with Crippen molar-refractivity contribution in [2.75, 3.05) is 18.1 Å². The Bertz CT molecular complexity index is 187. The predicted molar refractivity (Wildman–Crippen MR) is 69.7 cm³/mol. The minimum atomic E-state index is -0.663. The van der Waals surface area contributed by atoms with Gasteiger partial charge in [0, 0.05) is 28.3 Å². The van der Waals surface area contributed by atoms with E-state index in [4.69, 9.17) is 0 Å². The standard InChI is InChI=1S/C12H27NOS/c1-6-8-13-11(12(3,4)5)10-15(14)9-7-2/h11,13H,6-10H2,1-5H3. The average molecular weight is 233 g/mol. The number of hydrogen-bond donors (Lipinski definition) is 1. The monoisotopic (exact) mass is 233 g/mol. The number of nitrogens with one attached hydrogen (secondary N) is 1. The highest BCUT2D eigenvalue weighted by atomic mass is 32.2. The van der Waals surface area contributed by atoms with Gasteiger partial charge in [-0.1, -0.05) is 34.6 Å². The molecular weight excluding hydrogens is 206 g/mol. The highest BCUT2D eigenvalue weighted by Crippen LogP contribution is 2.20.